The van der Waals surface area contributed by atoms with Gasteiger partial charge in [-0.2, -0.15) is 0 Å². The fourth-order valence-corrected chi connectivity index (χ4v) is 2.39. The molecule has 4 nitrogen and oxygen atoms in total. The third-order valence-corrected chi connectivity index (χ3v) is 4.42. The Morgan fingerprint density at radius 3 is 2.53 bits per heavy atom. The van der Waals surface area contributed by atoms with Gasteiger partial charge in [0.15, 0.2) is 9.84 Å². The number of rotatable bonds is 4. The molecule has 0 heterocycles. The fraction of sp³-hybridized carbons (Fsp3) is 0.364. The van der Waals surface area contributed by atoms with E-state index >= 15 is 0 Å². The van der Waals surface area contributed by atoms with Crippen molar-refractivity contribution in [3.63, 3.8) is 0 Å². The molecule has 0 radical (unpaired) electrons. The Bertz CT molecular complexity index is 511. The van der Waals surface area contributed by atoms with Crippen molar-refractivity contribution in [2.75, 3.05) is 11.1 Å². The molecule has 1 N–H and O–H groups in total. The molecule has 0 spiro atoms. The minimum absolute atomic E-state index is 0.00372. The van der Waals surface area contributed by atoms with Crippen molar-refractivity contribution in [2.45, 2.75) is 23.6 Å². The Kier molecular flexibility index (Phi) is 4.70. The first-order valence-corrected chi connectivity index (χ1v) is 7.72. The van der Waals surface area contributed by atoms with Crippen LogP contribution in [0.15, 0.2) is 29.2 Å². The van der Waals surface area contributed by atoms with Crippen molar-refractivity contribution in [1.29, 1.82) is 0 Å². The molecule has 0 aliphatic carbocycles. The van der Waals surface area contributed by atoms with Gasteiger partial charge in [-0.05, 0) is 19.1 Å². The summed E-state index contributed by atoms with van der Waals surface area (Å²) < 4.78 is 23.6. The molecule has 1 rings (SSSR count). The van der Waals surface area contributed by atoms with Gasteiger partial charge in [-0.1, -0.05) is 35.0 Å². The van der Waals surface area contributed by atoms with Crippen molar-refractivity contribution >= 4 is 37.4 Å². The van der Waals surface area contributed by atoms with Gasteiger partial charge in [-0.25, -0.2) is 8.42 Å². The van der Waals surface area contributed by atoms with Crippen molar-refractivity contribution in [3.05, 3.63) is 24.3 Å². The van der Waals surface area contributed by atoms with Crippen LogP contribution in [0.3, 0.4) is 0 Å². The minimum atomic E-state index is -3.33. The zero-order valence-corrected chi connectivity index (χ0v) is 12.0. The van der Waals surface area contributed by atoms with Gasteiger partial charge in [0, 0.05) is 0 Å². The van der Waals surface area contributed by atoms with Crippen LogP contribution in [0, 0.1) is 0 Å². The first-order valence-electron chi connectivity index (χ1n) is 5.15. The van der Waals surface area contributed by atoms with E-state index in [9.17, 15) is 13.2 Å². The van der Waals surface area contributed by atoms with E-state index < -0.39 is 9.84 Å². The number of amides is 1. The van der Waals surface area contributed by atoms with Gasteiger partial charge in [0.25, 0.3) is 0 Å². The summed E-state index contributed by atoms with van der Waals surface area (Å²) in [6, 6.07) is 6.39. The number of benzene rings is 1. The number of halogens is 1. The molecule has 1 amide bonds. The summed E-state index contributed by atoms with van der Waals surface area (Å²) in [4.78, 5) is 11.3. The minimum Gasteiger partial charge on any atom is -0.324 e. The molecule has 0 fully saturated rings. The standard InChI is InChI=1S/C11H14BrNO3S/c1-3-17(15,16)10-7-5-4-6-9(10)13-11(14)8(2)12/h4-8H,3H2,1-2H3,(H,13,14). The molecule has 1 atom stereocenters. The molecule has 6 heteroatoms. The van der Waals surface area contributed by atoms with Crippen LogP contribution in [0.5, 0.6) is 0 Å². The Morgan fingerprint density at radius 2 is 2.00 bits per heavy atom. The summed E-state index contributed by atoms with van der Waals surface area (Å²) >= 11 is 3.13. The summed E-state index contributed by atoms with van der Waals surface area (Å²) in [6.45, 7) is 3.24. The van der Waals surface area contributed by atoms with Crippen LogP contribution in [0.2, 0.25) is 0 Å². The third-order valence-electron chi connectivity index (χ3n) is 2.22. The monoisotopic (exact) mass is 319 g/mol. The average Bonchev–Trinajstić information content (AvgIpc) is 2.29. The number of hydrogen-bond donors (Lipinski definition) is 1. The predicted molar refractivity (Wildman–Crippen MR) is 71.2 cm³/mol. The lowest BCUT2D eigenvalue weighted by molar-refractivity contribution is -0.115. The number of alkyl halides is 1. The smallest absolute Gasteiger partial charge is 0.237 e. The first-order chi connectivity index (χ1) is 7.88. The van der Waals surface area contributed by atoms with Crippen molar-refractivity contribution in [3.8, 4) is 0 Å². The van der Waals surface area contributed by atoms with Crippen LogP contribution in [0.25, 0.3) is 0 Å². The largest absolute Gasteiger partial charge is 0.324 e. The normalized spacial score (nSPS) is 13.1. The molecule has 1 aromatic carbocycles. The zero-order valence-electron chi connectivity index (χ0n) is 9.60. The maximum Gasteiger partial charge on any atom is 0.237 e. The van der Waals surface area contributed by atoms with Crippen molar-refractivity contribution < 1.29 is 13.2 Å². The Hall–Kier alpha value is -0.880. The van der Waals surface area contributed by atoms with Gasteiger partial charge in [0.2, 0.25) is 5.91 Å². The van der Waals surface area contributed by atoms with Crippen LogP contribution < -0.4 is 5.32 Å². The molecule has 0 saturated heterocycles. The number of carbonyl (C=O) groups excluding carboxylic acids is 1. The molecule has 0 bridgehead atoms. The Balaban J connectivity index is 3.14. The van der Waals surface area contributed by atoms with E-state index in [1.165, 1.54) is 6.07 Å². The van der Waals surface area contributed by atoms with E-state index in [2.05, 4.69) is 21.2 Å². The molecular formula is C11H14BrNO3S. The second kappa shape index (κ2) is 5.64. The lowest BCUT2D eigenvalue weighted by atomic mass is 10.3. The van der Waals surface area contributed by atoms with Gasteiger partial charge in [0.1, 0.15) is 0 Å². The van der Waals surface area contributed by atoms with Crippen molar-refractivity contribution in [1.82, 2.24) is 0 Å². The van der Waals surface area contributed by atoms with Gasteiger partial charge in [0.05, 0.1) is 21.2 Å². The van der Waals surface area contributed by atoms with Crippen LogP contribution >= 0.6 is 15.9 Å². The molecule has 0 aromatic heterocycles. The summed E-state index contributed by atoms with van der Waals surface area (Å²) in [5.41, 5.74) is 0.325. The highest BCUT2D eigenvalue weighted by molar-refractivity contribution is 9.10. The Labute approximate surface area is 109 Å². The van der Waals surface area contributed by atoms with Gasteiger partial charge in [-0.3, -0.25) is 4.79 Å². The fourth-order valence-electron chi connectivity index (χ4n) is 1.23. The molecule has 0 aliphatic rings. The highest BCUT2D eigenvalue weighted by atomic mass is 79.9. The number of anilines is 1. The van der Waals surface area contributed by atoms with E-state index in [-0.39, 0.29) is 21.4 Å². The summed E-state index contributed by atoms with van der Waals surface area (Å²) in [5.74, 6) is -0.271. The molecule has 1 aromatic rings. The van der Waals surface area contributed by atoms with E-state index in [0.717, 1.165) is 0 Å². The number of carbonyl (C=O) groups is 1. The summed E-state index contributed by atoms with van der Waals surface area (Å²) in [5, 5.41) is 2.59. The van der Waals surface area contributed by atoms with Gasteiger partial charge >= 0.3 is 0 Å². The van der Waals surface area contributed by atoms with E-state index in [4.69, 9.17) is 0 Å². The summed E-state index contributed by atoms with van der Waals surface area (Å²) in [7, 11) is -3.33. The van der Waals surface area contributed by atoms with Gasteiger partial charge < -0.3 is 5.32 Å². The number of sulfone groups is 1. The van der Waals surface area contributed by atoms with E-state index in [1.54, 1.807) is 32.0 Å². The quantitative estimate of drug-likeness (QED) is 0.865. The number of hydrogen-bond acceptors (Lipinski definition) is 3. The van der Waals surface area contributed by atoms with Crippen LogP contribution in [-0.4, -0.2) is 24.9 Å². The lowest BCUT2D eigenvalue weighted by Gasteiger charge is -2.11. The topological polar surface area (TPSA) is 63.2 Å². The Morgan fingerprint density at radius 1 is 1.41 bits per heavy atom. The summed E-state index contributed by atoms with van der Waals surface area (Å²) in [6.07, 6.45) is 0. The van der Waals surface area contributed by atoms with Crippen LogP contribution in [0.1, 0.15) is 13.8 Å². The van der Waals surface area contributed by atoms with Crippen LogP contribution in [0.4, 0.5) is 5.69 Å². The molecule has 17 heavy (non-hydrogen) atoms. The van der Waals surface area contributed by atoms with Gasteiger partial charge in [-0.15, -0.1) is 0 Å². The molecule has 94 valence electrons. The predicted octanol–water partition coefficient (Wildman–Crippen LogP) is 2.20. The molecular weight excluding hydrogens is 306 g/mol. The van der Waals surface area contributed by atoms with E-state index in [1.807, 2.05) is 0 Å². The second-order valence-electron chi connectivity index (χ2n) is 3.50. The molecule has 0 aliphatic heterocycles. The average molecular weight is 320 g/mol. The zero-order chi connectivity index (χ0) is 13.1. The van der Waals surface area contributed by atoms with Crippen LogP contribution in [-0.2, 0) is 14.6 Å². The highest BCUT2D eigenvalue weighted by Crippen LogP contribution is 2.22. The maximum atomic E-state index is 11.8. The number of nitrogens with one attached hydrogen (secondary N) is 1. The van der Waals surface area contributed by atoms with Crippen molar-refractivity contribution in [2.24, 2.45) is 0 Å². The lowest BCUT2D eigenvalue weighted by Crippen LogP contribution is -2.21. The van der Waals surface area contributed by atoms with E-state index in [0.29, 0.717) is 5.69 Å². The second-order valence-corrected chi connectivity index (χ2v) is 7.13. The SMILES string of the molecule is CCS(=O)(=O)c1ccccc1NC(=O)C(C)Br. The molecule has 1 unspecified atom stereocenters. The first kappa shape index (κ1) is 14.2. The third kappa shape index (κ3) is 3.54. The molecule has 0 saturated carbocycles. The maximum absolute atomic E-state index is 11.8. The number of para-hydroxylation sites is 1. The highest BCUT2D eigenvalue weighted by Gasteiger charge is 2.18.